The van der Waals surface area contributed by atoms with Gasteiger partial charge in [-0.15, -0.1) is 0 Å². The summed E-state index contributed by atoms with van der Waals surface area (Å²) in [6.07, 6.45) is 10.2. The van der Waals surface area contributed by atoms with Gasteiger partial charge in [-0.2, -0.15) is 8.42 Å². The molecule has 1 aromatic rings. The Bertz CT molecular complexity index is 1070. The van der Waals surface area contributed by atoms with E-state index in [2.05, 4.69) is 19.9 Å². The summed E-state index contributed by atoms with van der Waals surface area (Å²) in [5.74, 6) is 2.53. The van der Waals surface area contributed by atoms with Crippen LogP contribution in [0.2, 0.25) is 0 Å². The number of carbonyl (C=O) groups is 1. The second kappa shape index (κ2) is 8.05. The minimum absolute atomic E-state index is 0.131. The molecule has 4 aliphatic carbocycles. The van der Waals surface area contributed by atoms with Gasteiger partial charge in [-0.3, -0.25) is 8.98 Å². The largest absolute Gasteiger partial charge is 0.300 e. The normalized spacial score (nSPS) is 40.4. The zero-order chi connectivity index (χ0) is 23.6. The fourth-order valence-corrected chi connectivity index (χ4v) is 9.42. The maximum absolute atomic E-state index is 12.9. The average molecular weight is 471 g/mol. The number of benzene rings is 1. The summed E-state index contributed by atoms with van der Waals surface area (Å²) in [5, 5.41) is 0. The molecule has 4 nitrogen and oxygen atoms in total. The lowest BCUT2D eigenvalue weighted by Crippen LogP contribution is -2.51. The molecule has 0 unspecified atom stereocenters. The third kappa shape index (κ3) is 3.74. The quantitative estimate of drug-likeness (QED) is 0.386. The van der Waals surface area contributed by atoms with Crippen molar-refractivity contribution in [1.29, 1.82) is 0 Å². The molecule has 3 fully saturated rings. The van der Waals surface area contributed by atoms with Gasteiger partial charge in [0.1, 0.15) is 5.78 Å². The Kier molecular flexibility index (Phi) is 5.68. The first kappa shape index (κ1) is 23.3. The molecule has 33 heavy (non-hydrogen) atoms. The van der Waals surface area contributed by atoms with E-state index in [4.69, 9.17) is 4.18 Å². The van der Waals surface area contributed by atoms with E-state index >= 15 is 0 Å². The predicted octanol–water partition coefficient (Wildman–Crippen LogP) is 6.24. The van der Waals surface area contributed by atoms with Crippen LogP contribution in [-0.2, 0) is 19.1 Å². The van der Waals surface area contributed by atoms with Crippen LogP contribution in [-0.4, -0.2) is 20.3 Å². The van der Waals surface area contributed by atoms with Crippen molar-refractivity contribution in [2.24, 2.45) is 34.5 Å². The molecule has 0 bridgehead atoms. The summed E-state index contributed by atoms with van der Waals surface area (Å²) >= 11 is 0. The van der Waals surface area contributed by atoms with Gasteiger partial charge in [-0.25, -0.2) is 0 Å². The van der Waals surface area contributed by atoms with Crippen molar-refractivity contribution in [2.75, 3.05) is 0 Å². The Hall–Kier alpha value is -1.46. The van der Waals surface area contributed by atoms with Crippen LogP contribution < -0.4 is 0 Å². The Morgan fingerprint density at radius 2 is 1.73 bits per heavy atom. The lowest BCUT2D eigenvalue weighted by atomic mass is 9.47. The van der Waals surface area contributed by atoms with Crippen molar-refractivity contribution in [3.63, 3.8) is 0 Å². The summed E-state index contributed by atoms with van der Waals surface area (Å²) in [7, 11) is -3.75. The molecule has 0 heterocycles. The highest BCUT2D eigenvalue weighted by atomic mass is 32.2. The second-order valence-corrected chi connectivity index (χ2v) is 13.3. The van der Waals surface area contributed by atoms with Crippen molar-refractivity contribution < 1.29 is 17.4 Å². The number of rotatable bonds is 4. The van der Waals surface area contributed by atoms with Crippen molar-refractivity contribution in [1.82, 2.24) is 0 Å². The molecule has 0 saturated heterocycles. The SMILES string of the molecule is CC(=O)[C@H]1CC[C@H]2[C@@H]3CC=C4C[C@H](OS(=O)(=O)c5ccc(C)cc5)CC[C@]4(C)[C@H]3CC[C@]12C. The van der Waals surface area contributed by atoms with Gasteiger partial charge in [-0.1, -0.05) is 43.2 Å². The molecular weight excluding hydrogens is 432 g/mol. The molecule has 5 heteroatoms. The average Bonchev–Trinajstić information content (AvgIpc) is 3.11. The van der Waals surface area contributed by atoms with E-state index < -0.39 is 10.1 Å². The zero-order valence-corrected chi connectivity index (χ0v) is 21.3. The van der Waals surface area contributed by atoms with Crippen LogP contribution >= 0.6 is 0 Å². The number of hydrogen-bond acceptors (Lipinski definition) is 4. The van der Waals surface area contributed by atoms with Crippen LogP contribution in [0.25, 0.3) is 0 Å². The molecule has 0 radical (unpaired) electrons. The van der Waals surface area contributed by atoms with Gasteiger partial charge in [-0.05, 0) is 106 Å². The van der Waals surface area contributed by atoms with Crippen LogP contribution in [0.3, 0.4) is 0 Å². The first-order chi connectivity index (χ1) is 15.5. The highest BCUT2D eigenvalue weighted by Crippen LogP contribution is 2.66. The van der Waals surface area contributed by atoms with Gasteiger partial charge in [0.2, 0.25) is 0 Å². The Balaban J connectivity index is 1.34. The molecule has 4 aliphatic rings. The zero-order valence-electron chi connectivity index (χ0n) is 20.5. The number of ketones is 1. The first-order valence-electron chi connectivity index (χ1n) is 12.7. The Labute approximate surface area is 199 Å². The van der Waals surface area contributed by atoms with Gasteiger partial charge in [0.05, 0.1) is 11.0 Å². The van der Waals surface area contributed by atoms with E-state index in [0.29, 0.717) is 30.0 Å². The molecule has 0 amide bonds. The minimum atomic E-state index is -3.75. The van der Waals surface area contributed by atoms with E-state index in [9.17, 15) is 13.2 Å². The summed E-state index contributed by atoms with van der Waals surface area (Å²) in [4.78, 5) is 12.6. The monoisotopic (exact) mass is 470 g/mol. The van der Waals surface area contributed by atoms with Gasteiger partial charge in [0.15, 0.2) is 0 Å². The molecule has 180 valence electrons. The van der Waals surface area contributed by atoms with Gasteiger partial charge >= 0.3 is 0 Å². The van der Waals surface area contributed by atoms with E-state index in [1.54, 1.807) is 19.1 Å². The van der Waals surface area contributed by atoms with Crippen LogP contribution in [0, 0.1) is 41.4 Å². The molecule has 0 N–H and O–H groups in total. The van der Waals surface area contributed by atoms with Crippen LogP contribution in [0.5, 0.6) is 0 Å². The van der Waals surface area contributed by atoms with Gasteiger partial charge in [0.25, 0.3) is 10.1 Å². The number of carbonyl (C=O) groups excluding carboxylic acids is 1. The van der Waals surface area contributed by atoms with Crippen molar-refractivity contribution in [3.8, 4) is 0 Å². The molecule has 1 aromatic carbocycles. The van der Waals surface area contributed by atoms with Crippen LogP contribution in [0.1, 0.15) is 77.7 Å². The third-order valence-corrected chi connectivity index (χ3v) is 11.5. The van der Waals surface area contributed by atoms with Crippen molar-refractivity contribution in [2.45, 2.75) is 90.1 Å². The standard InChI is InChI=1S/C28H38O4S/c1-18-5-8-22(9-6-18)33(30,31)32-21-13-15-27(3)20(17-21)7-10-23-25-12-11-24(19(2)29)28(25,4)16-14-26(23)27/h5-9,21,23-26H,10-17H2,1-4H3/t21-,23+,24-,25+,26+,27+,28-/m1/s1. The number of allylic oxidation sites excluding steroid dienone is 1. The maximum atomic E-state index is 12.9. The molecule has 7 atom stereocenters. The van der Waals surface area contributed by atoms with Crippen LogP contribution in [0.15, 0.2) is 40.8 Å². The number of hydrogen-bond donors (Lipinski definition) is 0. The Morgan fingerprint density at radius 3 is 2.42 bits per heavy atom. The van der Waals surface area contributed by atoms with E-state index in [1.165, 1.54) is 18.4 Å². The number of aryl methyl sites for hydroxylation is 1. The maximum Gasteiger partial charge on any atom is 0.297 e. The topological polar surface area (TPSA) is 60.4 Å². The highest BCUT2D eigenvalue weighted by molar-refractivity contribution is 7.86. The molecule has 5 rings (SSSR count). The molecule has 3 saturated carbocycles. The predicted molar refractivity (Wildman–Crippen MR) is 129 cm³/mol. The molecule has 0 aromatic heterocycles. The molecular formula is C28H38O4S. The molecule has 0 aliphatic heterocycles. The summed E-state index contributed by atoms with van der Waals surface area (Å²) in [6, 6.07) is 6.90. The van der Waals surface area contributed by atoms with E-state index in [1.807, 2.05) is 19.1 Å². The third-order valence-electron chi connectivity index (χ3n) is 10.1. The van der Waals surface area contributed by atoms with Crippen molar-refractivity contribution >= 4 is 15.9 Å². The number of Topliss-reactive ketones (excluding diaryl/α,β-unsaturated/α-hetero) is 1. The smallest absolute Gasteiger partial charge is 0.297 e. The minimum Gasteiger partial charge on any atom is -0.300 e. The first-order valence-corrected chi connectivity index (χ1v) is 14.2. The molecule has 0 spiro atoms. The van der Waals surface area contributed by atoms with Gasteiger partial charge in [0, 0.05) is 5.92 Å². The van der Waals surface area contributed by atoms with Crippen molar-refractivity contribution in [3.05, 3.63) is 41.5 Å². The second-order valence-electron chi connectivity index (χ2n) is 11.8. The highest BCUT2D eigenvalue weighted by Gasteiger charge is 2.59. The lowest BCUT2D eigenvalue weighted by molar-refractivity contribution is -0.127. The van der Waals surface area contributed by atoms with E-state index in [0.717, 1.165) is 37.7 Å². The summed E-state index contributed by atoms with van der Waals surface area (Å²) < 4.78 is 31.5. The summed E-state index contributed by atoms with van der Waals surface area (Å²) in [5.41, 5.74) is 2.73. The fraction of sp³-hybridized carbons (Fsp3) is 0.679. The van der Waals surface area contributed by atoms with Crippen LogP contribution in [0.4, 0.5) is 0 Å². The lowest BCUT2D eigenvalue weighted by Gasteiger charge is -2.58. The summed E-state index contributed by atoms with van der Waals surface area (Å²) in [6.45, 7) is 8.54. The fourth-order valence-electron chi connectivity index (χ4n) is 8.32. The Morgan fingerprint density at radius 1 is 1.00 bits per heavy atom. The number of fused-ring (bicyclic) bond motifs is 5. The van der Waals surface area contributed by atoms with E-state index in [-0.39, 0.29) is 27.7 Å². The van der Waals surface area contributed by atoms with Gasteiger partial charge < -0.3 is 0 Å².